The molecule has 0 spiro atoms. The maximum absolute atomic E-state index is 10.8. The number of hydrogen-bond donors (Lipinski definition) is 2. The Bertz CT molecular complexity index is 264. The molecule has 0 radical (unpaired) electrons. The van der Waals surface area contributed by atoms with E-state index in [2.05, 4.69) is 5.43 Å². The van der Waals surface area contributed by atoms with Gasteiger partial charge in [-0.1, -0.05) is 18.2 Å². The molecule has 0 aliphatic heterocycles. The fourth-order valence-electron chi connectivity index (χ4n) is 1.23. The number of nitrogens with one attached hydrogen (secondary N) is 1. The molecule has 1 aliphatic carbocycles. The summed E-state index contributed by atoms with van der Waals surface area (Å²) in [5.74, 6) is 5.17. The molecule has 3 N–H and O–H groups in total. The summed E-state index contributed by atoms with van der Waals surface area (Å²) in [4.78, 5) is 10.3. The van der Waals surface area contributed by atoms with Crippen molar-refractivity contribution in [2.45, 2.75) is 11.8 Å². The molecule has 0 bridgehead atoms. The largest absolute Gasteiger partial charge is 0.364 e. The Balaban J connectivity index is 3.02. The van der Waals surface area contributed by atoms with Gasteiger partial charge in [-0.25, -0.2) is 5.43 Å². The van der Waals surface area contributed by atoms with Crippen LogP contribution in [0.15, 0.2) is 24.3 Å². The summed E-state index contributed by atoms with van der Waals surface area (Å²) in [6.07, 6.45) is 6.16. The van der Waals surface area contributed by atoms with Crippen LogP contribution in [0.1, 0.15) is 0 Å². The van der Waals surface area contributed by atoms with Crippen molar-refractivity contribution in [2.75, 3.05) is 7.11 Å². The zero-order chi connectivity index (χ0) is 9.90. The smallest absolute Gasteiger partial charge is 0.313 e. The van der Waals surface area contributed by atoms with Crippen molar-refractivity contribution in [3.05, 3.63) is 34.4 Å². The van der Waals surface area contributed by atoms with Crippen molar-refractivity contribution in [3.63, 3.8) is 0 Å². The minimum atomic E-state index is -1.59. The zero-order valence-corrected chi connectivity index (χ0v) is 7.14. The first-order valence-electron chi connectivity index (χ1n) is 3.69. The van der Waals surface area contributed by atoms with Crippen LogP contribution in [-0.2, 0) is 4.74 Å². The monoisotopic (exact) mass is 185 g/mol. The Kier molecular flexibility index (Phi) is 2.76. The molecule has 0 aromatic heterocycles. The second-order valence-electron chi connectivity index (χ2n) is 2.60. The maximum atomic E-state index is 10.8. The fourth-order valence-corrected chi connectivity index (χ4v) is 1.23. The van der Waals surface area contributed by atoms with Gasteiger partial charge in [-0.05, 0) is 0 Å². The number of hydrazine groups is 1. The highest BCUT2D eigenvalue weighted by Gasteiger charge is 2.48. The first-order valence-corrected chi connectivity index (χ1v) is 3.69. The Morgan fingerprint density at radius 3 is 2.77 bits per heavy atom. The van der Waals surface area contributed by atoms with Crippen LogP contribution >= 0.6 is 0 Å². The van der Waals surface area contributed by atoms with E-state index in [1.807, 2.05) is 0 Å². The minimum Gasteiger partial charge on any atom is -0.313 e. The SMILES string of the molecule is COC1([N+](=O)[O-])C=CC=CC1NN. The molecule has 72 valence electrons. The average Bonchev–Trinajstić information content (AvgIpc) is 2.17. The third-order valence-corrected chi connectivity index (χ3v) is 1.99. The van der Waals surface area contributed by atoms with Gasteiger partial charge in [0.25, 0.3) is 0 Å². The van der Waals surface area contributed by atoms with E-state index in [9.17, 15) is 10.1 Å². The second kappa shape index (κ2) is 3.65. The molecule has 1 aliphatic rings. The lowest BCUT2D eigenvalue weighted by Crippen LogP contribution is -2.57. The normalized spacial score (nSPS) is 32.0. The number of nitrogens with zero attached hydrogens (tertiary/aromatic N) is 1. The van der Waals surface area contributed by atoms with Crippen molar-refractivity contribution < 1.29 is 9.66 Å². The molecule has 0 aromatic carbocycles. The number of allylic oxidation sites excluding steroid dienone is 2. The van der Waals surface area contributed by atoms with E-state index in [1.165, 1.54) is 13.2 Å². The predicted molar refractivity (Wildman–Crippen MR) is 46.1 cm³/mol. The molecular weight excluding hydrogens is 174 g/mol. The number of rotatable bonds is 3. The standard InChI is InChI=1S/C7H11N3O3/c1-13-7(10(11)12)5-3-2-4-6(7)9-8/h2-6,9H,8H2,1H3. The molecular formula is C7H11N3O3. The average molecular weight is 185 g/mol. The van der Waals surface area contributed by atoms with Gasteiger partial charge < -0.3 is 4.74 Å². The number of nitro groups is 1. The van der Waals surface area contributed by atoms with Crippen LogP contribution in [0.4, 0.5) is 0 Å². The molecule has 0 aromatic rings. The van der Waals surface area contributed by atoms with Gasteiger partial charge in [0.1, 0.15) is 6.04 Å². The molecule has 0 fully saturated rings. The topological polar surface area (TPSA) is 90.4 Å². The number of hydrogen-bond acceptors (Lipinski definition) is 5. The zero-order valence-electron chi connectivity index (χ0n) is 7.14. The van der Waals surface area contributed by atoms with Crippen LogP contribution in [0.25, 0.3) is 0 Å². The Labute approximate surface area is 75.2 Å². The Morgan fingerprint density at radius 1 is 1.69 bits per heavy atom. The van der Waals surface area contributed by atoms with Crippen molar-refractivity contribution in [1.29, 1.82) is 0 Å². The molecule has 0 amide bonds. The van der Waals surface area contributed by atoms with Crippen LogP contribution in [0.2, 0.25) is 0 Å². The molecule has 0 saturated heterocycles. The lowest BCUT2D eigenvalue weighted by Gasteiger charge is -2.27. The van der Waals surface area contributed by atoms with Gasteiger partial charge in [-0.2, -0.15) is 0 Å². The summed E-state index contributed by atoms with van der Waals surface area (Å²) >= 11 is 0. The van der Waals surface area contributed by atoms with Gasteiger partial charge in [0.2, 0.25) is 0 Å². The summed E-state index contributed by atoms with van der Waals surface area (Å²) in [7, 11) is 1.27. The number of methoxy groups -OCH3 is 1. The highest BCUT2D eigenvalue weighted by atomic mass is 16.7. The van der Waals surface area contributed by atoms with E-state index in [1.54, 1.807) is 18.2 Å². The molecule has 6 nitrogen and oxygen atoms in total. The van der Waals surface area contributed by atoms with Crippen LogP contribution in [0, 0.1) is 10.1 Å². The van der Waals surface area contributed by atoms with Crippen molar-refractivity contribution in [2.24, 2.45) is 5.84 Å². The van der Waals surface area contributed by atoms with Gasteiger partial charge in [0, 0.05) is 13.2 Å². The quantitative estimate of drug-likeness (QED) is 0.269. The Morgan fingerprint density at radius 2 is 2.38 bits per heavy atom. The maximum Gasteiger partial charge on any atom is 0.364 e. The third-order valence-electron chi connectivity index (χ3n) is 1.99. The van der Waals surface area contributed by atoms with Crippen LogP contribution in [0.5, 0.6) is 0 Å². The van der Waals surface area contributed by atoms with E-state index in [0.717, 1.165) is 0 Å². The summed E-state index contributed by atoms with van der Waals surface area (Å²) in [6, 6.07) is -0.655. The van der Waals surface area contributed by atoms with E-state index in [4.69, 9.17) is 10.6 Å². The molecule has 13 heavy (non-hydrogen) atoms. The second-order valence-corrected chi connectivity index (χ2v) is 2.60. The molecule has 0 heterocycles. The van der Waals surface area contributed by atoms with Gasteiger partial charge in [-0.3, -0.25) is 16.0 Å². The van der Waals surface area contributed by atoms with E-state index in [0.29, 0.717) is 0 Å². The van der Waals surface area contributed by atoms with Crippen molar-refractivity contribution in [1.82, 2.24) is 5.43 Å². The van der Waals surface area contributed by atoms with E-state index in [-0.39, 0.29) is 0 Å². The van der Waals surface area contributed by atoms with E-state index >= 15 is 0 Å². The van der Waals surface area contributed by atoms with E-state index < -0.39 is 16.7 Å². The van der Waals surface area contributed by atoms with Gasteiger partial charge in [0.15, 0.2) is 0 Å². The minimum absolute atomic E-state index is 0.516. The summed E-state index contributed by atoms with van der Waals surface area (Å²) in [5, 5.41) is 10.8. The molecule has 2 unspecified atom stereocenters. The summed E-state index contributed by atoms with van der Waals surface area (Å²) in [5.41, 5.74) is 0.729. The van der Waals surface area contributed by atoms with Gasteiger partial charge in [-0.15, -0.1) is 0 Å². The van der Waals surface area contributed by atoms with Gasteiger partial charge in [0.05, 0.1) is 4.92 Å². The fraction of sp³-hybridized carbons (Fsp3) is 0.429. The molecule has 0 saturated carbocycles. The highest BCUT2D eigenvalue weighted by Crippen LogP contribution is 2.22. The lowest BCUT2D eigenvalue weighted by molar-refractivity contribution is -0.613. The van der Waals surface area contributed by atoms with Crippen LogP contribution in [-0.4, -0.2) is 23.8 Å². The first kappa shape index (κ1) is 9.85. The number of ether oxygens (including phenoxy) is 1. The molecule has 6 heteroatoms. The van der Waals surface area contributed by atoms with Crippen molar-refractivity contribution in [3.8, 4) is 0 Å². The predicted octanol–water partition coefficient (Wildman–Crippen LogP) is -0.436. The van der Waals surface area contributed by atoms with Crippen LogP contribution < -0.4 is 11.3 Å². The highest BCUT2D eigenvalue weighted by molar-refractivity contribution is 5.21. The van der Waals surface area contributed by atoms with Crippen LogP contribution in [0.3, 0.4) is 0 Å². The lowest BCUT2D eigenvalue weighted by atomic mass is 10.00. The first-order chi connectivity index (χ1) is 6.17. The number of nitrogens with two attached hydrogens (primary N) is 1. The van der Waals surface area contributed by atoms with Crippen molar-refractivity contribution >= 4 is 0 Å². The Hall–Kier alpha value is -1.24. The third kappa shape index (κ3) is 1.46. The molecule has 1 rings (SSSR count). The summed E-state index contributed by atoms with van der Waals surface area (Å²) < 4.78 is 4.86. The summed E-state index contributed by atoms with van der Waals surface area (Å²) in [6.45, 7) is 0. The van der Waals surface area contributed by atoms with Gasteiger partial charge >= 0.3 is 5.72 Å². The molecule has 2 atom stereocenters.